The highest BCUT2D eigenvalue weighted by atomic mass is 16.6. The highest BCUT2D eigenvalue weighted by molar-refractivity contribution is 5.34. The second-order valence-corrected chi connectivity index (χ2v) is 5.12. The van der Waals surface area contributed by atoms with Gasteiger partial charge in [0.1, 0.15) is 0 Å². The summed E-state index contributed by atoms with van der Waals surface area (Å²) in [5.74, 6) is 0. The zero-order valence-electron chi connectivity index (χ0n) is 11.6. The second-order valence-electron chi connectivity index (χ2n) is 5.12. The molecule has 0 bridgehead atoms. The van der Waals surface area contributed by atoms with Crippen molar-refractivity contribution in [2.45, 2.75) is 13.0 Å². The maximum Gasteiger partial charge on any atom is 0.269 e. The van der Waals surface area contributed by atoms with Crippen molar-refractivity contribution in [3.8, 4) is 0 Å². The molecule has 1 N–H and O–H groups in total. The monoisotopic (exact) mass is 279 g/mol. The molecule has 0 aromatic heterocycles. The van der Waals surface area contributed by atoms with E-state index in [1.54, 1.807) is 12.1 Å². The van der Waals surface area contributed by atoms with Crippen molar-refractivity contribution in [1.29, 1.82) is 0 Å². The lowest BCUT2D eigenvalue weighted by atomic mass is 10.2. The van der Waals surface area contributed by atoms with Crippen LogP contribution >= 0.6 is 0 Å². The first kappa shape index (κ1) is 14.9. The summed E-state index contributed by atoms with van der Waals surface area (Å²) in [7, 11) is 0. The van der Waals surface area contributed by atoms with Crippen molar-refractivity contribution < 1.29 is 10.0 Å². The molecule has 0 amide bonds. The number of nitro groups is 1. The van der Waals surface area contributed by atoms with Crippen LogP contribution in [0, 0.1) is 10.1 Å². The van der Waals surface area contributed by atoms with Crippen molar-refractivity contribution >= 4 is 5.69 Å². The Bertz CT molecular complexity index is 453. The average Bonchev–Trinajstić information content (AvgIpc) is 2.65. The third kappa shape index (κ3) is 4.26. The van der Waals surface area contributed by atoms with Gasteiger partial charge in [0.25, 0.3) is 5.69 Å². The molecular weight excluding hydrogens is 258 g/mol. The van der Waals surface area contributed by atoms with Crippen LogP contribution in [0.2, 0.25) is 0 Å². The number of hydrogen-bond donors (Lipinski definition) is 1. The van der Waals surface area contributed by atoms with Gasteiger partial charge in [0, 0.05) is 38.3 Å². The van der Waals surface area contributed by atoms with E-state index in [0.29, 0.717) is 0 Å². The topological polar surface area (TPSA) is 69.9 Å². The first-order chi connectivity index (χ1) is 9.69. The molecule has 2 rings (SSSR count). The van der Waals surface area contributed by atoms with Gasteiger partial charge in [-0.2, -0.15) is 0 Å². The molecule has 0 saturated carbocycles. The molecule has 1 fully saturated rings. The molecule has 0 unspecified atom stereocenters. The smallest absolute Gasteiger partial charge is 0.269 e. The summed E-state index contributed by atoms with van der Waals surface area (Å²) >= 11 is 0. The van der Waals surface area contributed by atoms with Gasteiger partial charge in [-0.3, -0.25) is 19.9 Å². The maximum absolute atomic E-state index is 10.8. The molecule has 1 aliphatic heterocycles. The number of nitrogens with zero attached hydrogens (tertiary/aromatic N) is 3. The molecule has 20 heavy (non-hydrogen) atoms. The second kappa shape index (κ2) is 7.33. The quantitative estimate of drug-likeness (QED) is 0.645. The molecule has 6 heteroatoms. The van der Waals surface area contributed by atoms with E-state index in [9.17, 15) is 10.1 Å². The van der Waals surface area contributed by atoms with Crippen molar-refractivity contribution in [1.82, 2.24) is 9.80 Å². The van der Waals surface area contributed by atoms with Crippen molar-refractivity contribution in [3.05, 3.63) is 39.9 Å². The standard InChI is InChI=1S/C14H21N3O3/c18-10-9-15-5-2-6-16(8-7-15)12-13-3-1-4-14(11-13)17(19)20/h1,3-4,11,18H,2,5-10,12H2. The van der Waals surface area contributed by atoms with E-state index in [1.807, 2.05) is 6.07 Å². The lowest BCUT2D eigenvalue weighted by Crippen LogP contribution is -2.32. The number of benzene rings is 1. The van der Waals surface area contributed by atoms with Crippen LogP contribution in [0.15, 0.2) is 24.3 Å². The average molecular weight is 279 g/mol. The van der Waals surface area contributed by atoms with Crippen molar-refractivity contribution in [2.75, 3.05) is 39.3 Å². The van der Waals surface area contributed by atoms with E-state index >= 15 is 0 Å². The Labute approximate surface area is 118 Å². The molecule has 0 atom stereocenters. The summed E-state index contributed by atoms with van der Waals surface area (Å²) in [4.78, 5) is 15.0. The van der Waals surface area contributed by atoms with Crippen LogP contribution in [0.3, 0.4) is 0 Å². The molecule has 1 aliphatic rings. The minimum Gasteiger partial charge on any atom is -0.395 e. The summed E-state index contributed by atoms with van der Waals surface area (Å²) in [5, 5.41) is 19.8. The molecule has 1 saturated heterocycles. The molecule has 1 heterocycles. The Hall–Kier alpha value is -1.50. The Morgan fingerprint density at radius 2 is 1.95 bits per heavy atom. The van der Waals surface area contributed by atoms with E-state index in [1.165, 1.54) is 6.07 Å². The zero-order valence-corrected chi connectivity index (χ0v) is 11.6. The Morgan fingerprint density at radius 3 is 2.70 bits per heavy atom. The molecule has 1 aromatic carbocycles. The Kier molecular flexibility index (Phi) is 5.46. The first-order valence-electron chi connectivity index (χ1n) is 6.98. The van der Waals surface area contributed by atoms with E-state index in [-0.39, 0.29) is 17.2 Å². The summed E-state index contributed by atoms with van der Waals surface area (Å²) in [6, 6.07) is 6.85. The third-order valence-electron chi connectivity index (χ3n) is 3.62. The van der Waals surface area contributed by atoms with Gasteiger partial charge in [0.15, 0.2) is 0 Å². The Morgan fingerprint density at radius 1 is 1.20 bits per heavy atom. The van der Waals surface area contributed by atoms with Crippen LogP contribution in [0.4, 0.5) is 5.69 Å². The molecule has 0 aliphatic carbocycles. The maximum atomic E-state index is 10.8. The van der Waals surface area contributed by atoms with Gasteiger partial charge >= 0.3 is 0 Å². The minimum atomic E-state index is -0.352. The number of nitro benzene ring substituents is 1. The fourth-order valence-electron chi connectivity index (χ4n) is 2.57. The van der Waals surface area contributed by atoms with E-state index in [4.69, 9.17) is 5.11 Å². The number of hydrogen-bond acceptors (Lipinski definition) is 5. The molecule has 0 spiro atoms. The lowest BCUT2D eigenvalue weighted by molar-refractivity contribution is -0.384. The van der Waals surface area contributed by atoms with Crippen LogP contribution in [0.1, 0.15) is 12.0 Å². The number of β-amino-alcohol motifs (C(OH)–C–C–N with tert-alkyl or cyclic N) is 1. The van der Waals surface area contributed by atoms with Crippen LogP contribution in [-0.2, 0) is 6.54 Å². The van der Waals surface area contributed by atoms with Crippen LogP contribution in [-0.4, -0.2) is 59.2 Å². The highest BCUT2D eigenvalue weighted by Gasteiger charge is 2.15. The summed E-state index contributed by atoms with van der Waals surface area (Å²) < 4.78 is 0. The predicted octanol–water partition coefficient (Wildman–Crippen LogP) is 1.09. The number of aliphatic hydroxyl groups excluding tert-OH is 1. The number of aliphatic hydroxyl groups is 1. The largest absolute Gasteiger partial charge is 0.395 e. The first-order valence-corrected chi connectivity index (χ1v) is 6.98. The summed E-state index contributed by atoms with van der Waals surface area (Å²) in [6.07, 6.45) is 1.06. The van der Waals surface area contributed by atoms with Gasteiger partial charge in [-0.15, -0.1) is 0 Å². The van der Waals surface area contributed by atoms with Gasteiger partial charge in [0.05, 0.1) is 11.5 Å². The van der Waals surface area contributed by atoms with E-state index in [0.717, 1.165) is 51.3 Å². The normalized spacial score (nSPS) is 17.9. The summed E-state index contributed by atoms with van der Waals surface area (Å²) in [5.41, 5.74) is 1.13. The van der Waals surface area contributed by atoms with Gasteiger partial charge in [-0.05, 0) is 25.1 Å². The molecule has 1 aromatic rings. The van der Waals surface area contributed by atoms with Gasteiger partial charge < -0.3 is 5.11 Å². The zero-order chi connectivity index (χ0) is 14.4. The number of non-ortho nitro benzene ring substituents is 1. The van der Waals surface area contributed by atoms with E-state index in [2.05, 4.69) is 9.80 Å². The molecule has 110 valence electrons. The van der Waals surface area contributed by atoms with Crippen molar-refractivity contribution in [2.24, 2.45) is 0 Å². The lowest BCUT2D eigenvalue weighted by Gasteiger charge is -2.21. The molecular formula is C14H21N3O3. The Balaban J connectivity index is 1.93. The third-order valence-corrected chi connectivity index (χ3v) is 3.62. The molecule has 6 nitrogen and oxygen atoms in total. The van der Waals surface area contributed by atoms with Crippen LogP contribution < -0.4 is 0 Å². The van der Waals surface area contributed by atoms with Gasteiger partial charge in [-0.25, -0.2) is 0 Å². The number of rotatable bonds is 5. The van der Waals surface area contributed by atoms with Crippen LogP contribution in [0.5, 0.6) is 0 Å². The van der Waals surface area contributed by atoms with Gasteiger partial charge in [-0.1, -0.05) is 12.1 Å². The van der Waals surface area contributed by atoms with E-state index < -0.39 is 0 Å². The minimum absolute atomic E-state index is 0.152. The predicted molar refractivity (Wildman–Crippen MR) is 76.5 cm³/mol. The van der Waals surface area contributed by atoms with Crippen LogP contribution in [0.25, 0.3) is 0 Å². The highest BCUT2D eigenvalue weighted by Crippen LogP contribution is 2.15. The summed E-state index contributed by atoms with van der Waals surface area (Å²) in [6.45, 7) is 5.54. The van der Waals surface area contributed by atoms with Crippen molar-refractivity contribution in [3.63, 3.8) is 0 Å². The fourth-order valence-corrected chi connectivity index (χ4v) is 2.57. The van der Waals surface area contributed by atoms with Gasteiger partial charge in [0.2, 0.25) is 0 Å². The molecule has 0 radical (unpaired) electrons. The fraction of sp³-hybridized carbons (Fsp3) is 0.571. The SMILES string of the molecule is O=[N+]([O-])c1cccc(CN2CCCN(CCO)CC2)c1.